The number of benzene rings is 1. The molecular weight excluding hydrogens is 337 g/mol. The van der Waals surface area contributed by atoms with E-state index in [1.165, 1.54) is 6.07 Å². The standard InChI is InChI=1S/C19H26FN3O3/c1-11-4-5-21-19(24)25-10-12-6-13(8-14(20)7-12)18-16-9-15(26-11)2-3-17(16)22-23-18/h6-8,11,15-18,22-23H,2-5,9-10H2,1H3,(H,21,24)/t11-,15?,16?,17?,18?/m0/s1. The van der Waals surface area contributed by atoms with Crippen LogP contribution in [0, 0.1) is 11.7 Å². The number of rotatable bonds is 0. The maximum absolute atomic E-state index is 14.2. The van der Waals surface area contributed by atoms with E-state index < -0.39 is 6.09 Å². The zero-order chi connectivity index (χ0) is 18.1. The third-order valence-electron chi connectivity index (χ3n) is 5.66. The molecule has 2 fully saturated rings. The van der Waals surface area contributed by atoms with Gasteiger partial charge in [0.2, 0.25) is 0 Å². The molecule has 7 heteroatoms. The summed E-state index contributed by atoms with van der Waals surface area (Å²) < 4.78 is 25.6. The molecule has 142 valence electrons. The van der Waals surface area contributed by atoms with Crippen molar-refractivity contribution in [1.82, 2.24) is 16.2 Å². The first-order valence-electron chi connectivity index (χ1n) is 9.45. The number of nitrogens with one attached hydrogen (secondary N) is 3. The minimum Gasteiger partial charge on any atom is -0.445 e. The minimum atomic E-state index is -0.489. The van der Waals surface area contributed by atoms with E-state index >= 15 is 0 Å². The van der Waals surface area contributed by atoms with E-state index in [-0.39, 0.29) is 30.7 Å². The van der Waals surface area contributed by atoms with E-state index in [4.69, 9.17) is 9.47 Å². The molecule has 2 heterocycles. The fourth-order valence-corrected chi connectivity index (χ4v) is 4.38. The van der Waals surface area contributed by atoms with Crippen LogP contribution in [0.2, 0.25) is 0 Å². The Hall–Kier alpha value is -1.70. The predicted molar refractivity (Wildman–Crippen MR) is 93.7 cm³/mol. The van der Waals surface area contributed by atoms with Gasteiger partial charge in [0.1, 0.15) is 12.4 Å². The lowest BCUT2D eigenvalue weighted by molar-refractivity contribution is -0.0380. The van der Waals surface area contributed by atoms with Gasteiger partial charge in [-0.05, 0) is 61.8 Å². The number of cyclic esters (lactones) is 1. The van der Waals surface area contributed by atoms with E-state index in [9.17, 15) is 9.18 Å². The zero-order valence-electron chi connectivity index (χ0n) is 15.0. The average molecular weight is 363 g/mol. The Labute approximate surface area is 152 Å². The molecule has 4 unspecified atom stereocenters. The highest BCUT2D eigenvalue weighted by Gasteiger charge is 2.41. The SMILES string of the molecule is C[C@H]1CCNC(=O)OCc2cc(F)cc(c2)C2NNC3CCC(CC32)O1. The smallest absolute Gasteiger partial charge is 0.407 e. The van der Waals surface area contributed by atoms with Gasteiger partial charge >= 0.3 is 6.09 Å². The molecule has 26 heavy (non-hydrogen) atoms. The highest BCUT2D eigenvalue weighted by Crippen LogP contribution is 2.39. The fraction of sp³-hybridized carbons (Fsp3) is 0.632. The summed E-state index contributed by atoms with van der Waals surface area (Å²) in [7, 11) is 0. The van der Waals surface area contributed by atoms with Crippen molar-refractivity contribution in [3.8, 4) is 0 Å². The molecule has 4 rings (SSSR count). The zero-order valence-corrected chi connectivity index (χ0v) is 15.0. The van der Waals surface area contributed by atoms with Crippen molar-refractivity contribution >= 4 is 6.09 Å². The van der Waals surface area contributed by atoms with E-state index in [1.54, 1.807) is 6.07 Å². The van der Waals surface area contributed by atoms with Crippen LogP contribution >= 0.6 is 0 Å². The third-order valence-corrected chi connectivity index (χ3v) is 5.66. The first kappa shape index (κ1) is 17.7. The van der Waals surface area contributed by atoms with Crippen LogP contribution in [0.15, 0.2) is 18.2 Å². The van der Waals surface area contributed by atoms with E-state index in [0.717, 1.165) is 31.2 Å². The van der Waals surface area contributed by atoms with Crippen molar-refractivity contribution in [1.29, 1.82) is 0 Å². The Bertz CT molecular complexity index is 671. The van der Waals surface area contributed by atoms with Gasteiger partial charge in [-0.15, -0.1) is 0 Å². The molecule has 0 radical (unpaired) electrons. The molecule has 1 saturated carbocycles. The van der Waals surface area contributed by atoms with E-state index in [0.29, 0.717) is 24.1 Å². The monoisotopic (exact) mass is 363 g/mol. The molecule has 6 nitrogen and oxygen atoms in total. The lowest BCUT2D eigenvalue weighted by Crippen LogP contribution is -2.38. The Morgan fingerprint density at radius 2 is 2.04 bits per heavy atom. The summed E-state index contributed by atoms with van der Waals surface area (Å²) in [4.78, 5) is 11.8. The minimum absolute atomic E-state index is 0.0233. The van der Waals surface area contributed by atoms with E-state index in [1.807, 2.05) is 13.0 Å². The Morgan fingerprint density at radius 1 is 1.15 bits per heavy atom. The Morgan fingerprint density at radius 3 is 2.92 bits per heavy atom. The topological polar surface area (TPSA) is 71.6 Å². The van der Waals surface area contributed by atoms with Crippen molar-refractivity contribution in [3.05, 3.63) is 35.1 Å². The summed E-state index contributed by atoms with van der Waals surface area (Å²) in [5.41, 5.74) is 8.26. The second kappa shape index (κ2) is 7.50. The van der Waals surface area contributed by atoms with Crippen molar-refractivity contribution in [3.63, 3.8) is 0 Å². The van der Waals surface area contributed by atoms with Crippen LogP contribution < -0.4 is 16.2 Å². The van der Waals surface area contributed by atoms with Gasteiger partial charge in [-0.2, -0.15) is 0 Å². The maximum atomic E-state index is 14.2. The number of hydrogen-bond acceptors (Lipinski definition) is 5. The number of halogens is 1. The molecule has 3 aliphatic rings. The van der Waals surface area contributed by atoms with Crippen LogP contribution in [0.25, 0.3) is 0 Å². The molecule has 5 atom stereocenters. The molecule has 1 aliphatic carbocycles. The number of hydrogen-bond donors (Lipinski definition) is 3. The molecule has 2 aliphatic heterocycles. The van der Waals surface area contributed by atoms with Gasteiger partial charge in [0.05, 0.1) is 18.2 Å². The van der Waals surface area contributed by atoms with Gasteiger partial charge < -0.3 is 14.8 Å². The number of carbonyl (C=O) groups is 1. The third kappa shape index (κ3) is 3.84. The number of carbonyl (C=O) groups excluding carboxylic acids is 1. The lowest BCUT2D eigenvalue weighted by atomic mass is 9.78. The normalized spacial score (nSPS) is 35.0. The van der Waals surface area contributed by atoms with Gasteiger partial charge in [-0.1, -0.05) is 6.07 Å². The van der Waals surface area contributed by atoms with E-state index in [2.05, 4.69) is 16.2 Å². The van der Waals surface area contributed by atoms with Crippen LogP contribution in [0.3, 0.4) is 0 Å². The quantitative estimate of drug-likeness (QED) is 0.661. The summed E-state index contributed by atoms with van der Waals surface area (Å²) in [6.07, 6.45) is 3.50. The summed E-state index contributed by atoms with van der Waals surface area (Å²) in [5.74, 6) is 0.0368. The number of hydrazine groups is 1. The summed E-state index contributed by atoms with van der Waals surface area (Å²) in [6.45, 7) is 2.59. The first-order valence-corrected chi connectivity index (χ1v) is 9.45. The van der Waals surface area contributed by atoms with Crippen molar-refractivity contribution < 1.29 is 18.7 Å². The largest absolute Gasteiger partial charge is 0.445 e. The molecule has 1 saturated heterocycles. The molecule has 1 aromatic carbocycles. The van der Waals surface area contributed by atoms with Gasteiger partial charge in [-0.3, -0.25) is 5.43 Å². The van der Waals surface area contributed by atoms with Gasteiger partial charge in [-0.25, -0.2) is 14.6 Å². The maximum Gasteiger partial charge on any atom is 0.407 e. The number of ether oxygens (including phenoxy) is 2. The Kier molecular flexibility index (Phi) is 5.11. The summed E-state index contributed by atoms with van der Waals surface area (Å²) in [5, 5.41) is 2.73. The van der Waals surface area contributed by atoms with Gasteiger partial charge in [0.15, 0.2) is 0 Å². The van der Waals surface area contributed by atoms with Crippen molar-refractivity contribution in [2.24, 2.45) is 5.92 Å². The Balaban J connectivity index is 1.62. The number of amides is 1. The van der Waals surface area contributed by atoms with Crippen molar-refractivity contribution in [2.75, 3.05) is 6.54 Å². The average Bonchev–Trinajstić information content (AvgIpc) is 3.02. The van der Waals surface area contributed by atoms with Gasteiger partial charge in [0.25, 0.3) is 0 Å². The van der Waals surface area contributed by atoms with Gasteiger partial charge in [0, 0.05) is 12.6 Å². The van der Waals surface area contributed by atoms with Crippen LogP contribution in [0.1, 0.15) is 49.8 Å². The van der Waals surface area contributed by atoms with Crippen LogP contribution in [0.4, 0.5) is 9.18 Å². The predicted octanol–water partition coefficient (Wildman–Crippen LogP) is 2.55. The number of fused-ring (bicyclic) bond motifs is 4. The highest BCUT2D eigenvalue weighted by atomic mass is 19.1. The molecule has 0 aromatic heterocycles. The summed E-state index contributed by atoms with van der Waals surface area (Å²) in [6, 6.07) is 5.30. The molecular formula is C19H26FN3O3. The first-order chi connectivity index (χ1) is 12.6. The fourth-order valence-electron chi connectivity index (χ4n) is 4.38. The molecule has 1 aromatic rings. The number of alkyl carbamates (subject to hydrolysis) is 1. The molecule has 1 amide bonds. The molecule has 0 spiro atoms. The lowest BCUT2D eigenvalue weighted by Gasteiger charge is -2.34. The highest BCUT2D eigenvalue weighted by molar-refractivity contribution is 5.67. The second-order valence-corrected chi connectivity index (χ2v) is 7.60. The van der Waals surface area contributed by atoms with Crippen LogP contribution in [0.5, 0.6) is 0 Å². The summed E-state index contributed by atoms with van der Waals surface area (Å²) >= 11 is 0. The molecule has 3 N–H and O–H groups in total. The van der Waals surface area contributed by atoms with Crippen molar-refractivity contribution in [2.45, 2.75) is 63.5 Å². The molecule has 4 bridgehead atoms. The van der Waals surface area contributed by atoms with Crippen LogP contribution in [-0.4, -0.2) is 30.9 Å². The van der Waals surface area contributed by atoms with Crippen LogP contribution in [-0.2, 0) is 16.1 Å². The second-order valence-electron chi connectivity index (χ2n) is 7.60.